The van der Waals surface area contributed by atoms with E-state index in [0.717, 1.165) is 29.2 Å². The lowest BCUT2D eigenvalue weighted by molar-refractivity contribution is -0.00381. The second-order valence-electron chi connectivity index (χ2n) is 6.49. The number of para-hydroxylation sites is 1. The average molecular weight is 227 g/mol. The fourth-order valence-electron chi connectivity index (χ4n) is 5.19. The van der Waals surface area contributed by atoms with E-state index >= 15 is 0 Å². The van der Waals surface area contributed by atoms with Crippen LogP contribution < -0.4 is 0 Å². The maximum Gasteiger partial charge on any atom is 0.182 e. The van der Waals surface area contributed by atoms with E-state index in [1.807, 2.05) is 12.1 Å². The molecule has 1 nitrogen and oxygen atoms in total. The van der Waals surface area contributed by atoms with Crippen molar-refractivity contribution < 1.29 is 5.11 Å². The van der Waals surface area contributed by atoms with E-state index in [1.54, 1.807) is 6.07 Å². The van der Waals surface area contributed by atoms with E-state index in [4.69, 9.17) is 0 Å². The highest BCUT2D eigenvalue weighted by atomic mass is 16.3. The molecule has 1 aromatic carbocycles. The molecule has 1 aromatic rings. The third kappa shape index (κ3) is 1.44. The lowest BCUT2D eigenvalue weighted by Crippen LogP contribution is -2.43. The lowest BCUT2D eigenvalue weighted by atomic mass is 9.50. The van der Waals surface area contributed by atoms with Crippen LogP contribution >= 0.6 is 0 Å². The molecule has 0 unspecified atom stereocenters. The monoisotopic (exact) mass is 227 g/mol. The summed E-state index contributed by atoms with van der Waals surface area (Å²) in [6.07, 6.45) is 7.06. The second kappa shape index (κ2) is 3.51. The quantitative estimate of drug-likeness (QED) is 0.679. The zero-order chi connectivity index (χ0) is 11.4. The smallest absolute Gasteiger partial charge is 0.182 e. The van der Waals surface area contributed by atoms with Crippen LogP contribution in [0.5, 0.6) is 5.75 Å². The summed E-state index contributed by atoms with van der Waals surface area (Å²) in [7, 11) is 0. The summed E-state index contributed by atoms with van der Waals surface area (Å²) < 4.78 is 0. The van der Waals surface area contributed by atoms with Gasteiger partial charge in [0.25, 0.3) is 0 Å². The van der Waals surface area contributed by atoms with Crippen LogP contribution in [0.25, 0.3) is 0 Å². The zero-order valence-electron chi connectivity index (χ0n) is 10.1. The van der Waals surface area contributed by atoms with Gasteiger partial charge in [-0.05, 0) is 67.8 Å². The van der Waals surface area contributed by atoms with Gasteiger partial charge in [0.05, 0.1) is 0 Å². The third-order valence-corrected chi connectivity index (χ3v) is 5.50. The Labute approximate surface area is 103 Å². The van der Waals surface area contributed by atoms with Crippen LogP contribution in [-0.4, -0.2) is 0 Å². The molecule has 1 radical (unpaired) electrons. The van der Waals surface area contributed by atoms with E-state index < -0.39 is 0 Å². The molecule has 1 heteroatoms. The Bertz CT molecular complexity index is 409. The van der Waals surface area contributed by atoms with Gasteiger partial charge < -0.3 is 0 Å². The molecular formula is C16H19O. The molecule has 0 N–H and O–H groups in total. The Kier molecular flexibility index (Phi) is 2.06. The van der Waals surface area contributed by atoms with E-state index in [9.17, 15) is 5.11 Å². The maximum atomic E-state index is 12.0. The highest BCUT2D eigenvalue weighted by Gasteiger charge is 2.49. The molecule has 0 spiro atoms. The lowest BCUT2D eigenvalue weighted by Gasteiger charge is -2.54. The van der Waals surface area contributed by atoms with E-state index in [2.05, 4.69) is 6.07 Å². The molecule has 4 aliphatic carbocycles. The molecule has 4 fully saturated rings. The van der Waals surface area contributed by atoms with Gasteiger partial charge in [-0.1, -0.05) is 18.2 Å². The van der Waals surface area contributed by atoms with Crippen molar-refractivity contribution in [1.82, 2.24) is 0 Å². The summed E-state index contributed by atoms with van der Waals surface area (Å²) in [5.74, 6) is 4.50. The minimum absolute atomic E-state index is 0.282. The summed E-state index contributed by atoms with van der Waals surface area (Å²) in [6, 6.07) is 7.76. The van der Waals surface area contributed by atoms with Crippen LogP contribution in [0.15, 0.2) is 24.3 Å². The van der Waals surface area contributed by atoms with Crippen LogP contribution in [0.1, 0.15) is 43.6 Å². The van der Waals surface area contributed by atoms with Gasteiger partial charge in [-0.15, -0.1) is 0 Å². The standard InChI is InChI=1S/C16H19O/c17-15-4-2-1-3-14(15)16-12-6-10-5-11(8-12)9-13(16)7-10/h1-4,10-13,16H,5-9H2. The summed E-state index contributed by atoms with van der Waals surface area (Å²) >= 11 is 0. The van der Waals surface area contributed by atoms with Crippen molar-refractivity contribution in [2.45, 2.75) is 38.0 Å². The molecule has 0 atom stereocenters. The fourth-order valence-corrected chi connectivity index (χ4v) is 5.19. The number of hydrogen-bond donors (Lipinski definition) is 0. The summed E-state index contributed by atoms with van der Waals surface area (Å²) in [5.41, 5.74) is 1.13. The topological polar surface area (TPSA) is 19.9 Å². The van der Waals surface area contributed by atoms with Crippen LogP contribution in [0.4, 0.5) is 0 Å². The van der Waals surface area contributed by atoms with Crippen LogP contribution in [0.3, 0.4) is 0 Å². The van der Waals surface area contributed by atoms with Crippen molar-refractivity contribution in [3.05, 3.63) is 29.8 Å². The van der Waals surface area contributed by atoms with Crippen LogP contribution in [0.2, 0.25) is 0 Å². The second-order valence-corrected chi connectivity index (χ2v) is 6.49. The van der Waals surface area contributed by atoms with Gasteiger partial charge in [0.1, 0.15) is 0 Å². The van der Waals surface area contributed by atoms with Crippen molar-refractivity contribution in [2.24, 2.45) is 23.7 Å². The molecule has 17 heavy (non-hydrogen) atoms. The maximum absolute atomic E-state index is 12.0. The molecule has 0 aliphatic heterocycles. The van der Waals surface area contributed by atoms with Crippen LogP contribution in [0, 0.1) is 23.7 Å². The Morgan fingerprint density at radius 3 is 2.00 bits per heavy atom. The van der Waals surface area contributed by atoms with E-state index in [0.29, 0.717) is 5.92 Å². The normalized spacial score (nSPS) is 42.9. The van der Waals surface area contributed by atoms with Crippen molar-refractivity contribution in [3.63, 3.8) is 0 Å². The largest absolute Gasteiger partial charge is 0.290 e. The Hall–Kier alpha value is -0.980. The first kappa shape index (κ1) is 9.99. The highest BCUT2D eigenvalue weighted by molar-refractivity contribution is 5.36. The van der Waals surface area contributed by atoms with Crippen molar-refractivity contribution in [1.29, 1.82) is 0 Å². The molecule has 0 aromatic heterocycles. The first-order valence-corrected chi connectivity index (χ1v) is 7.07. The van der Waals surface area contributed by atoms with Gasteiger partial charge in [-0.25, -0.2) is 0 Å². The van der Waals surface area contributed by atoms with Gasteiger partial charge in [0, 0.05) is 5.56 Å². The molecule has 0 amide bonds. The molecular weight excluding hydrogens is 208 g/mol. The number of rotatable bonds is 1. The predicted molar refractivity (Wildman–Crippen MR) is 66.4 cm³/mol. The average Bonchev–Trinajstić information content (AvgIpc) is 2.30. The van der Waals surface area contributed by atoms with E-state index in [1.165, 1.54) is 32.1 Å². The highest BCUT2D eigenvalue weighted by Crippen LogP contribution is 2.60. The van der Waals surface area contributed by atoms with Gasteiger partial charge in [0.2, 0.25) is 0 Å². The minimum atomic E-state index is 0.282. The molecule has 89 valence electrons. The number of hydrogen-bond acceptors (Lipinski definition) is 0. The van der Waals surface area contributed by atoms with E-state index in [-0.39, 0.29) is 5.75 Å². The zero-order valence-corrected chi connectivity index (χ0v) is 10.1. The first-order chi connectivity index (χ1) is 8.31. The molecule has 4 aliphatic rings. The fraction of sp³-hybridized carbons (Fsp3) is 0.625. The summed E-state index contributed by atoms with van der Waals surface area (Å²) in [5, 5.41) is 12.0. The van der Waals surface area contributed by atoms with Gasteiger partial charge in [0.15, 0.2) is 5.75 Å². The first-order valence-electron chi connectivity index (χ1n) is 7.07. The number of benzene rings is 1. The molecule has 0 saturated heterocycles. The third-order valence-electron chi connectivity index (χ3n) is 5.50. The molecule has 4 bridgehead atoms. The van der Waals surface area contributed by atoms with Gasteiger partial charge in [-0.2, -0.15) is 0 Å². The summed E-state index contributed by atoms with van der Waals surface area (Å²) in [4.78, 5) is 0. The Balaban J connectivity index is 1.73. The molecule has 4 saturated carbocycles. The Morgan fingerprint density at radius 1 is 0.824 bits per heavy atom. The SMILES string of the molecule is [O]c1ccccc1C1C2CC3CC(C2)CC1C3. The minimum Gasteiger partial charge on any atom is -0.290 e. The van der Waals surface area contributed by atoms with Crippen molar-refractivity contribution >= 4 is 0 Å². The van der Waals surface area contributed by atoms with Gasteiger partial charge in [-0.3, -0.25) is 5.11 Å². The predicted octanol–water partition coefficient (Wildman–Crippen LogP) is 4.37. The van der Waals surface area contributed by atoms with Crippen LogP contribution in [-0.2, 0) is 5.11 Å². The van der Waals surface area contributed by atoms with Crippen molar-refractivity contribution in [3.8, 4) is 5.75 Å². The summed E-state index contributed by atoms with van der Waals surface area (Å²) in [6.45, 7) is 0. The van der Waals surface area contributed by atoms with Crippen molar-refractivity contribution in [2.75, 3.05) is 0 Å². The Morgan fingerprint density at radius 2 is 1.41 bits per heavy atom. The van der Waals surface area contributed by atoms with Gasteiger partial charge >= 0.3 is 0 Å². The molecule has 5 rings (SSSR count). The molecule has 0 heterocycles.